The Balaban J connectivity index is 1.80. The van der Waals surface area contributed by atoms with E-state index in [9.17, 15) is 4.79 Å². The number of anilines is 1. The Kier molecular flexibility index (Phi) is 5.18. The van der Waals surface area contributed by atoms with Crippen LogP contribution in [-0.4, -0.2) is 12.5 Å². The number of hydrogen-bond donors (Lipinski definition) is 2. The molecule has 0 heterocycles. The van der Waals surface area contributed by atoms with Crippen LogP contribution in [-0.2, 0) is 11.3 Å². The van der Waals surface area contributed by atoms with Crippen molar-refractivity contribution in [2.45, 2.75) is 13.5 Å². The van der Waals surface area contributed by atoms with Crippen LogP contribution in [0.25, 0.3) is 0 Å². The normalized spacial score (nSPS) is 10.1. The number of nitrogens with one attached hydrogen (secondary N) is 2. The van der Waals surface area contributed by atoms with Crippen LogP contribution in [0.3, 0.4) is 0 Å². The molecule has 0 saturated carbocycles. The molecule has 0 aliphatic heterocycles. The van der Waals surface area contributed by atoms with Crippen LogP contribution in [0.4, 0.5) is 5.69 Å². The highest BCUT2D eigenvalue weighted by Gasteiger charge is 2.03. The van der Waals surface area contributed by atoms with Gasteiger partial charge in [-0.1, -0.05) is 46.3 Å². The summed E-state index contributed by atoms with van der Waals surface area (Å²) in [4.78, 5) is 11.8. The Morgan fingerprint density at radius 1 is 1.15 bits per heavy atom. The van der Waals surface area contributed by atoms with Gasteiger partial charge in [0.1, 0.15) is 0 Å². The lowest BCUT2D eigenvalue weighted by Gasteiger charge is -2.10. The van der Waals surface area contributed by atoms with Crippen LogP contribution < -0.4 is 10.6 Å². The Morgan fingerprint density at radius 2 is 1.90 bits per heavy atom. The fourth-order valence-corrected chi connectivity index (χ4v) is 2.34. The zero-order valence-electron chi connectivity index (χ0n) is 11.3. The molecule has 2 rings (SSSR count). The number of rotatable bonds is 5. The lowest BCUT2D eigenvalue weighted by atomic mass is 10.2. The minimum Gasteiger partial charge on any atom is -0.376 e. The number of hydrogen-bond acceptors (Lipinski definition) is 2. The van der Waals surface area contributed by atoms with E-state index in [1.165, 1.54) is 0 Å². The van der Waals surface area contributed by atoms with Gasteiger partial charge in [-0.25, -0.2) is 0 Å². The second-order valence-corrected chi connectivity index (χ2v) is 5.49. The molecule has 104 valence electrons. The second-order valence-electron chi connectivity index (χ2n) is 4.58. The van der Waals surface area contributed by atoms with Gasteiger partial charge in [0.2, 0.25) is 5.91 Å². The predicted octanol–water partition coefficient (Wildman–Crippen LogP) is 3.49. The summed E-state index contributed by atoms with van der Waals surface area (Å²) in [6.45, 7) is 2.84. The maximum Gasteiger partial charge on any atom is 0.239 e. The summed E-state index contributed by atoms with van der Waals surface area (Å²) in [6.07, 6.45) is 0. The molecule has 2 aromatic rings. The summed E-state index contributed by atoms with van der Waals surface area (Å²) in [7, 11) is 0. The van der Waals surface area contributed by atoms with Gasteiger partial charge in [-0.05, 0) is 36.2 Å². The first-order chi connectivity index (χ1) is 9.65. The van der Waals surface area contributed by atoms with Crippen molar-refractivity contribution in [3.05, 3.63) is 64.1 Å². The molecule has 4 heteroatoms. The molecule has 0 unspecified atom stereocenters. The summed E-state index contributed by atoms with van der Waals surface area (Å²) in [5.41, 5.74) is 3.18. The Bertz CT molecular complexity index is 584. The third kappa shape index (κ3) is 4.38. The van der Waals surface area contributed by atoms with Crippen molar-refractivity contribution in [2.24, 2.45) is 0 Å². The summed E-state index contributed by atoms with van der Waals surface area (Å²) in [5.74, 6) is -0.0174. The van der Waals surface area contributed by atoms with Gasteiger partial charge in [0.15, 0.2) is 0 Å². The molecule has 0 radical (unpaired) electrons. The molecular formula is C16H17BrN2O. The predicted molar refractivity (Wildman–Crippen MR) is 85.7 cm³/mol. The van der Waals surface area contributed by atoms with E-state index in [2.05, 4.69) is 26.6 Å². The van der Waals surface area contributed by atoms with Crippen LogP contribution in [0.1, 0.15) is 11.1 Å². The van der Waals surface area contributed by atoms with Crippen LogP contribution >= 0.6 is 15.9 Å². The van der Waals surface area contributed by atoms with Gasteiger partial charge in [-0.3, -0.25) is 4.79 Å². The van der Waals surface area contributed by atoms with Crippen LogP contribution in [0.5, 0.6) is 0 Å². The molecule has 0 aliphatic carbocycles. The first-order valence-electron chi connectivity index (χ1n) is 6.46. The molecular weight excluding hydrogens is 316 g/mol. The topological polar surface area (TPSA) is 41.1 Å². The van der Waals surface area contributed by atoms with Crippen molar-refractivity contribution < 1.29 is 4.79 Å². The number of carbonyl (C=O) groups excluding carboxylic acids is 1. The van der Waals surface area contributed by atoms with E-state index in [0.29, 0.717) is 6.54 Å². The van der Waals surface area contributed by atoms with Crippen LogP contribution in [0, 0.1) is 6.92 Å². The van der Waals surface area contributed by atoms with Gasteiger partial charge >= 0.3 is 0 Å². The van der Waals surface area contributed by atoms with Crippen LogP contribution in [0.15, 0.2) is 53.0 Å². The molecule has 0 bridgehead atoms. The lowest BCUT2D eigenvalue weighted by Crippen LogP contribution is -2.29. The summed E-state index contributed by atoms with van der Waals surface area (Å²) in [5, 5.41) is 6.03. The standard InChI is InChI=1S/C16H17BrN2O/c1-12-9-14(17)7-8-15(12)18-11-16(20)19-10-13-5-3-2-4-6-13/h2-9,18H,10-11H2,1H3,(H,19,20). The second kappa shape index (κ2) is 7.10. The number of halogens is 1. The molecule has 0 atom stereocenters. The largest absolute Gasteiger partial charge is 0.376 e. The third-order valence-corrected chi connectivity index (χ3v) is 3.45. The summed E-state index contributed by atoms with van der Waals surface area (Å²) >= 11 is 3.42. The monoisotopic (exact) mass is 332 g/mol. The van der Waals surface area contributed by atoms with Crippen molar-refractivity contribution >= 4 is 27.5 Å². The van der Waals surface area contributed by atoms with Gasteiger partial charge in [-0.2, -0.15) is 0 Å². The summed E-state index contributed by atoms with van der Waals surface area (Å²) in [6, 6.07) is 15.8. The Labute approximate surface area is 127 Å². The number of aryl methyl sites for hydroxylation is 1. The van der Waals surface area contributed by atoms with Crippen molar-refractivity contribution in [2.75, 3.05) is 11.9 Å². The van der Waals surface area contributed by atoms with Crippen LogP contribution in [0.2, 0.25) is 0 Å². The number of amides is 1. The minimum atomic E-state index is -0.0174. The first kappa shape index (κ1) is 14.6. The maximum absolute atomic E-state index is 11.8. The highest BCUT2D eigenvalue weighted by molar-refractivity contribution is 9.10. The first-order valence-corrected chi connectivity index (χ1v) is 7.25. The molecule has 0 fully saturated rings. The fraction of sp³-hybridized carbons (Fsp3) is 0.188. The fourth-order valence-electron chi connectivity index (χ4n) is 1.86. The molecule has 0 aromatic heterocycles. The van der Waals surface area contributed by atoms with E-state index in [4.69, 9.17) is 0 Å². The van der Waals surface area contributed by atoms with E-state index in [-0.39, 0.29) is 12.5 Å². The molecule has 20 heavy (non-hydrogen) atoms. The molecule has 0 aliphatic rings. The van der Waals surface area contributed by atoms with Crippen molar-refractivity contribution in [3.63, 3.8) is 0 Å². The molecule has 1 amide bonds. The van der Waals surface area contributed by atoms with E-state index in [1.807, 2.05) is 55.5 Å². The SMILES string of the molecule is Cc1cc(Br)ccc1NCC(=O)NCc1ccccc1. The minimum absolute atomic E-state index is 0.0174. The molecule has 2 N–H and O–H groups in total. The maximum atomic E-state index is 11.8. The van der Waals surface area contributed by atoms with E-state index < -0.39 is 0 Å². The molecule has 3 nitrogen and oxygen atoms in total. The number of benzene rings is 2. The van der Waals surface area contributed by atoms with Crippen molar-refractivity contribution in [1.82, 2.24) is 5.32 Å². The van der Waals surface area contributed by atoms with E-state index in [0.717, 1.165) is 21.3 Å². The van der Waals surface area contributed by atoms with E-state index >= 15 is 0 Å². The van der Waals surface area contributed by atoms with Gasteiger partial charge < -0.3 is 10.6 Å². The van der Waals surface area contributed by atoms with Crippen molar-refractivity contribution in [3.8, 4) is 0 Å². The average Bonchev–Trinajstić information content (AvgIpc) is 2.45. The van der Waals surface area contributed by atoms with Gasteiger partial charge in [0.25, 0.3) is 0 Å². The van der Waals surface area contributed by atoms with Gasteiger partial charge in [0.05, 0.1) is 6.54 Å². The highest BCUT2D eigenvalue weighted by atomic mass is 79.9. The molecule has 0 saturated heterocycles. The van der Waals surface area contributed by atoms with Gasteiger partial charge in [-0.15, -0.1) is 0 Å². The Morgan fingerprint density at radius 3 is 2.60 bits per heavy atom. The van der Waals surface area contributed by atoms with Crippen molar-refractivity contribution in [1.29, 1.82) is 0 Å². The highest BCUT2D eigenvalue weighted by Crippen LogP contribution is 2.19. The van der Waals surface area contributed by atoms with Gasteiger partial charge in [0, 0.05) is 16.7 Å². The zero-order chi connectivity index (χ0) is 14.4. The summed E-state index contributed by atoms with van der Waals surface area (Å²) < 4.78 is 1.04. The molecule has 2 aromatic carbocycles. The smallest absolute Gasteiger partial charge is 0.239 e. The Hall–Kier alpha value is -1.81. The lowest BCUT2D eigenvalue weighted by molar-refractivity contribution is -0.119. The number of carbonyl (C=O) groups is 1. The third-order valence-electron chi connectivity index (χ3n) is 2.96. The average molecular weight is 333 g/mol. The molecule has 0 spiro atoms. The zero-order valence-corrected chi connectivity index (χ0v) is 12.9. The van der Waals surface area contributed by atoms with E-state index in [1.54, 1.807) is 0 Å². The quantitative estimate of drug-likeness (QED) is 0.879.